The molecule has 0 spiro atoms. The van der Waals surface area contributed by atoms with Crippen LogP contribution in [0.2, 0.25) is 5.02 Å². The summed E-state index contributed by atoms with van der Waals surface area (Å²) in [5, 5.41) is 15.7. The molecule has 4 aromatic carbocycles. The minimum absolute atomic E-state index is 0.0500. The Morgan fingerprint density at radius 3 is 2.15 bits per heavy atom. The zero-order valence-corrected chi connectivity index (χ0v) is 22.2. The maximum atomic E-state index is 12.7. The third-order valence-corrected chi connectivity index (χ3v) is 7.60. The number of hydrogen-bond donors (Lipinski definition) is 4. The van der Waals surface area contributed by atoms with Crippen LogP contribution in [0.3, 0.4) is 0 Å². The molecule has 1 atom stereocenters. The number of sulfonamides is 1. The summed E-state index contributed by atoms with van der Waals surface area (Å²) in [4.78, 5) is 24.1. The Morgan fingerprint density at radius 2 is 1.49 bits per heavy atom. The Morgan fingerprint density at radius 1 is 0.795 bits per heavy atom. The highest BCUT2D eigenvalue weighted by atomic mass is 35.5. The summed E-state index contributed by atoms with van der Waals surface area (Å²) >= 11 is 5.82. The Hall–Kier alpha value is -4.18. The Kier molecular flexibility index (Phi) is 8.98. The number of carbonyl (C=O) groups is 2. The molecule has 8 nitrogen and oxygen atoms in total. The largest absolute Gasteiger partial charge is 0.480 e. The first-order chi connectivity index (χ1) is 18.7. The molecule has 2 amide bonds. The summed E-state index contributed by atoms with van der Waals surface area (Å²) < 4.78 is 27.6. The summed E-state index contributed by atoms with van der Waals surface area (Å²) in [6, 6.07) is 27.8. The van der Waals surface area contributed by atoms with E-state index < -0.39 is 22.0 Å². The molecule has 0 aromatic heterocycles. The van der Waals surface area contributed by atoms with Gasteiger partial charge in [-0.05, 0) is 65.1 Å². The van der Waals surface area contributed by atoms with Crippen LogP contribution in [-0.4, -0.2) is 31.6 Å². The lowest BCUT2D eigenvalue weighted by Gasteiger charge is -2.15. The predicted molar refractivity (Wildman–Crippen MR) is 151 cm³/mol. The van der Waals surface area contributed by atoms with Gasteiger partial charge in [-0.15, -0.1) is 0 Å². The molecule has 200 valence electrons. The van der Waals surface area contributed by atoms with Gasteiger partial charge in [0.25, 0.3) is 0 Å². The van der Waals surface area contributed by atoms with E-state index in [-0.39, 0.29) is 17.3 Å². The molecular formula is C29H26ClN3O5S. The smallest absolute Gasteiger partial charge is 0.322 e. The van der Waals surface area contributed by atoms with E-state index in [4.69, 9.17) is 11.6 Å². The zero-order chi connectivity index (χ0) is 27.8. The Labute approximate surface area is 231 Å². The minimum Gasteiger partial charge on any atom is -0.480 e. The van der Waals surface area contributed by atoms with Crippen LogP contribution in [0.5, 0.6) is 0 Å². The average Bonchev–Trinajstić information content (AvgIpc) is 2.93. The molecule has 0 bridgehead atoms. The van der Waals surface area contributed by atoms with Crippen molar-refractivity contribution >= 4 is 39.3 Å². The monoisotopic (exact) mass is 563 g/mol. The predicted octanol–water partition coefficient (Wildman–Crippen LogP) is 5.30. The number of carboxylic acids is 1. The molecule has 0 unspecified atom stereocenters. The van der Waals surface area contributed by atoms with Crippen molar-refractivity contribution in [1.29, 1.82) is 0 Å². The summed E-state index contributed by atoms with van der Waals surface area (Å²) in [5.74, 6) is -1.29. The van der Waals surface area contributed by atoms with E-state index in [0.717, 1.165) is 16.7 Å². The van der Waals surface area contributed by atoms with E-state index in [1.165, 1.54) is 24.3 Å². The average molecular weight is 564 g/mol. The fourth-order valence-electron chi connectivity index (χ4n) is 3.85. The lowest BCUT2D eigenvalue weighted by Crippen LogP contribution is -2.42. The van der Waals surface area contributed by atoms with Crippen molar-refractivity contribution in [3.05, 3.63) is 119 Å². The quantitative estimate of drug-likeness (QED) is 0.208. The van der Waals surface area contributed by atoms with E-state index in [1.807, 2.05) is 60.7 Å². The van der Waals surface area contributed by atoms with Gasteiger partial charge in [0.05, 0.1) is 4.90 Å². The number of hydrogen-bond acceptors (Lipinski definition) is 4. The number of benzene rings is 4. The van der Waals surface area contributed by atoms with Crippen LogP contribution in [0.25, 0.3) is 11.1 Å². The van der Waals surface area contributed by atoms with E-state index in [2.05, 4.69) is 15.4 Å². The maximum absolute atomic E-state index is 12.7. The van der Waals surface area contributed by atoms with Crippen molar-refractivity contribution in [1.82, 2.24) is 10.0 Å². The molecule has 39 heavy (non-hydrogen) atoms. The van der Waals surface area contributed by atoms with Gasteiger partial charge >= 0.3 is 12.0 Å². The lowest BCUT2D eigenvalue weighted by molar-refractivity contribution is -0.138. The summed E-state index contributed by atoms with van der Waals surface area (Å²) in [6.07, 6.45) is -0.0500. The van der Waals surface area contributed by atoms with E-state index in [9.17, 15) is 23.1 Å². The van der Waals surface area contributed by atoms with Crippen molar-refractivity contribution in [3.8, 4) is 11.1 Å². The zero-order valence-electron chi connectivity index (χ0n) is 20.7. The standard InChI is InChI=1S/C29H26ClN3O5S/c30-24-13-15-26(16-14-24)39(37,38)33-27(28(34)35)17-20-9-11-22(12-10-20)23-7-4-8-25(18-23)32-29(36)31-19-21-5-2-1-3-6-21/h1-16,18,27,33H,17,19H2,(H,34,35)(H2,31,32,36)/t27-/m0/s1. The summed E-state index contributed by atoms with van der Waals surface area (Å²) in [7, 11) is -4.06. The number of urea groups is 1. The number of anilines is 1. The van der Waals surface area contributed by atoms with Gasteiger partial charge in [-0.25, -0.2) is 13.2 Å². The Balaban J connectivity index is 1.39. The lowest BCUT2D eigenvalue weighted by atomic mass is 10.0. The van der Waals surface area contributed by atoms with Gasteiger partial charge < -0.3 is 15.7 Å². The molecular weight excluding hydrogens is 538 g/mol. The SMILES string of the molecule is O=C(NCc1ccccc1)Nc1cccc(-c2ccc(C[C@H](NS(=O)(=O)c3ccc(Cl)cc3)C(=O)O)cc2)c1. The van der Waals surface area contributed by atoms with Crippen molar-refractivity contribution in [2.75, 3.05) is 5.32 Å². The minimum atomic E-state index is -4.06. The molecule has 4 rings (SSSR count). The normalized spacial score (nSPS) is 11.9. The van der Waals surface area contributed by atoms with Crippen LogP contribution in [-0.2, 0) is 27.8 Å². The molecule has 0 saturated carbocycles. The maximum Gasteiger partial charge on any atom is 0.322 e. The van der Waals surface area contributed by atoms with Crippen LogP contribution in [0.4, 0.5) is 10.5 Å². The fourth-order valence-corrected chi connectivity index (χ4v) is 5.16. The fraction of sp³-hybridized carbons (Fsp3) is 0.103. The van der Waals surface area contributed by atoms with Gasteiger partial charge in [-0.3, -0.25) is 4.79 Å². The van der Waals surface area contributed by atoms with Crippen LogP contribution >= 0.6 is 11.6 Å². The van der Waals surface area contributed by atoms with E-state index in [1.54, 1.807) is 18.2 Å². The first-order valence-corrected chi connectivity index (χ1v) is 13.8. The highest BCUT2D eigenvalue weighted by molar-refractivity contribution is 7.89. The number of rotatable bonds is 10. The second-order valence-corrected chi connectivity index (χ2v) is 10.9. The highest BCUT2D eigenvalue weighted by Crippen LogP contribution is 2.24. The summed E-state index contributed by atoms with van der Waals surface area (Å²) in [6.45, 7) is 0.404. The molecule has 0 aliphatic heterocycles. The number of halogens is 1. The number of amides is 2. The number of carbonyl (C=O) groups excluding carboxylic acids is 1. The van der Waals surface area contributed by atoms with Crippen molar-refractivity contribution in [2.45, 2.75) is 23.9 Å². The van der Waals surface area contributed by atoms with Gasteiger partial charge in [-0.1, -0.05) is 78.3 Å². The summed E-state index contributed by atoms with van der Waals surface area (Å²) in [5.41, 5.74) is 3.94. The van der Waals surface area contributed by atoms with Gasteiger partial charge in [-0.2, -0.15) is 4.72 Å². The van der Waals surface area contributed by atoms with E-state index >= 15 is 0 Å². The first kappa shape index (κ1) is 27.8. The van der Waals surface area contributed by atoms with Crippen LogP contribution < -0.4 is 15.4 Å². The third-order valence-electron chi connectivity index (χ3n) is 5.86. The van der Waals surface area contributed by atoms with Crippen molar-refractivity contribution < 1.29 is 23.1 Å². The van der Waals surface area contributed by atoms with Gasteiger partial charge in [0.2, 0.25) is 10.0 Å². The molecule has 0 heterocycles. The molecule has 0 aliphatic carbocycles. The van der Waals surface area contributed by atoms with E-state index in [0.29, 0.717) is 22.8 Å². The van der Waals surface area contributed by atoms with Crippen molar-refractivity contribution in [3.63, 3.8) is 0 Å². The van der Waals surface area contributed by atoms with Gasteiger partial charge in [0.1, 0.15) is 6.04 Å². The number of nitrogens with one attached hydrogen (secondary N) is 3. The topological polar surface area (TPSA) is 125 Å². The number of carboxylic acid groups (broad SMARTS) is 1. The first-order valence-electron chi connectivity index (χ1n) is 12.0. The van der Waals surface area contributed by atoms with Crippen LogP contribution in [0.15, 0.2) is 108 Å². The molecule has 0 fully saturated rings. The molecule has 4 aromatic rings. The van der Waals surface area contributed by atoms with Gasteiger partial charge in [0.15, 0.2) is 0 Å². The molecule has 10 heteroatoms. The van der Waals surface area contributed by atoms with Gasteiger partial charge in [0, 0.05) is 17.3 Å². The number of aliphatic carboxylic acids is 1. The molecule has 4 N–H and O–H groups in total. The van der Waals surface area contributed by atoms with Crippen LogP contribution in [0, 0.1) is 0 Å². The third kappa shape index (κ3) is 7.90. The molecule has 0 saturated heterocycles. The second-order valence-electron chi connectivity index (χ2n) is 8.74. The highest BCUT2D eigenvalue weighted by Gasteiger charge is 2.25. The molecule has 0 radical (unpaired) electrons. The van der Waals surface area contributed by atoms with Crippen LogP contribution in [0.1, 0.15) is 11.1 Å². The Bertz CT molecular complexity index is 1540. The van der Waals surface area contributed by atoms with Crippen molar-refractivity contribution in [2.24, 2.45) is 0 Å². The second kappa shape index (κ2) is 12.6. The molecule has 0 aliphatic rings.